The number of hydrogen-bond donors (Lipinski definition) is 1. The normalized spacial score (nSPS) is 19.2. The Morgan fingerprint density at radius 1 is 1.00 bits per heavy atom. The number of benzene rings is 2. The van der Waals surface area contributed by atoms with Crippen LogP contribution in [-0.4, -0.2) is 43.4 Å². The highest BCUT2D eigenvalue weighted by Crippen LogP contribution is 2.37. The molecule has 1 saturated carbocycles. The Bertz CT molecular complexity index is 794. The molecule has 0 aliphatic heterocycles. The number of rotatable bonds is 8. The molecule has 2 atom stereocenters. The van der Waals surface area contributed by atoms with Crippen molar-refractivity contribution in [2.75, 3.05) is 27.3 Å². The third-order valence-corrected chi connectivity index (χ3v) is 6.21. The van der Waals surface area contributed by atoms with Crippen molar-refractivity contribution in [3.63, 3.8) is 0 Å². The van der Waals surface area contributed by atoms with Crippen LogP contribution in [0.1, 0.15) is 42.1 Å². The lowest BCUT2D eigenvalue weighted by molar-refractivity contribution is 0.0778. The second-order valence-electron chi connectivity index (χ2n) is 8.20. The number of hydrogen-bond acceptors (Lipinski definition) is 4. The first-order valence-electron chi connectivity index (χ1n) is 10.4. The number of aliphatic hydroxyl groups is 1. The Balaban J connectivity index is 0.00000240. The maximum Gasteiger partial charge on any atom is 0.161 e. The van der Waals surface area contributed by atoms with E-state index in [1.54, 1.807) is 14.2 Å². The van der Waals surface area contributed by atoms with E-state index in [9.17, 15) is 5.11 Å². The summed E-state index contributed by atoms with van der Waals surface area (Å²) in [6, 6.07) is 14.8. The third kappa shape index (κ3) is 5.25. The fraction of sp³-hybridized carbons (Fsp3) is 0.500. The van der Waals surface area contributed by atoms with Crippen LogP contribution >= 0.6 is 12.4 Å². The topological polar surface area (TPSA) is 41.9 Å². The van der Waals surface area contributed by atoms with Crippen LogP contribution in [0, 0.1) is 5.92 Å². The van der Waals surface area contributed by atoms with Crippen molar-refractivity contribution in [1.82, 2.24) is 4.90 Å². The van der Waals surface area contributed by atoms with Gasteiger partial charge >= 0.3 is 0 Å². The SMILES string of the molecule is COc1cc2c(cc1OC)CC(N(CC1CC1)CC(O)c1ccccc1)CC2.Cl. The lowest BCUT2D eigenvalue weighted by atomic mass is 9.86. The molecule has 2 aliphatic carbocycles. The van der Waals surface area contributed by atoms with E-state index in [0.717, 1.165) is 48.8 Å². The summed E-state index contributed by atoms with van der Waals surface area (Å²) >= 11 is 0. The molecule has 0 aromatic heterocycles. The zero-order chi connectivity index (χ0) is 19.5. The molecule has 5 heteroatoms. The molecule has 0 spiro atoms. The zero-order valence-electron chi connectivity index (χ0n) is 17.3. The first kappa shape index (κ1) is 21.9. The number of aliphatic hydroxyl groups excluding tert-OH is 1. The fourth-order valence-electron chi connectivity index (χ4n) is 4.38. The van der Waals surface area contributed by atoms with E-state index >= 15 is 0 Å². The number of halogens is 1. The van der Waals surface area contributed by atoms with Crippen molar-refractivity contribution in [1.29, 1.82) is 0 Å². The monoisotopic (exact) mass is 417 g/mol. The van der Waals surface area contributed by atoms with Crippen molar-refractivity contribution in [3.05, 3.63) is 59.2 Å². The van der Waals surface area contributed by atoms with E-state index in [0.29, 0.717) is 12.6 Å². The van der Waals surface area contributed by atoms with Crippen molar-refractivity contribution < 1.29 is 14.6 Å². The number of aryl methyl sites for hydroxylation is 1. The molecular weight excluding hydrogens is 386 g/mol. The summed E-state index contributed by atoms with van der Waals surface area (Å²) in [7, 11) is 3.39. The van der Waals surface area contributed by atoms with Gasteiger partial charge in [0.25, 0.3) is 0 Å². The number of nitrogens with zero attached hydrogens (tertiary/aromatic N) is 1. The minimum Gasteiger partial charge on any atom is -0.493 e. The molecule has 0 radical (unpaired) electrons. The Labute approximate surface area is 180 Å². The van der Waals surface area contributed by atoms with Gasteiger partial charge in [0.2, 0.25) is 0 Å². The summed E-state index contributed by atoms with van der Waals surface area (Å²) in [6.45, 7) is 1.80. The van der Waals surface area contributed by atoms with Crippen molar-refractivity contribution in [2.45, 2.75) is 44.2 Å². The molecule has 0 bridgehead atoms. The van der Waals surface area contributed by atoms with E-state index in [1.807, 2.05) is 30.3 Å². The van der Waals surface area contributed by atoms with Crippen molar-refractivity contribution in [2.24, 2.45) is 5.92 Å². The van der Waals surface area contributed by atoms with E-state index in [2.05, 4.69) is 17.0 Å². The van der Waals surface area contributed by atoms with Crippen LogP contribution in [0.2, 0.25) is 0 Å². The highest BCUT2D eigenvalue weighted by atomic mass is 35.5. The van der Waals surface area contributed by atoms with Gasteiger partial charge in [-0.15, -0.1) is 12.4 Å². The van der Waals surface area contributed by atoms with Gasteiger partial charge in [-0.3, -0.25) is 4.90 Å². The molecule has 1 N–H and O–H groups in total. The van der Waals surface area contributed by atoms with Crippen LogP contribution in [0.5, 0.6) is 11.5 Å². The molecule has 4 nitrogen and oxygen atoms in total. The standard InChI is InChI=1S/C24H31NO3.ClH/c1-27-23-13-19-10-11-21(12-20(19)14-24(23)28-2)25(15-17-8-9-17)16-22(26)18-6-4-3-5-7-18;/h3-7,13-14,17,21-22,26H,8-12,15-16H2,1-2H3;1H. The summed E-state index contributed by atoms with van der Waals surface area (Å²) in [4.78, 5) is 2.54. The molecule has 2 aromatic rings. The van der Waals surface area contributed by atoms with Crippen LogP contribution in [0.4, 0.5) is 0 Å². The molecule has 2 unspecified atom stereocenters. The first-order chi connectivity index (χ1) is 13.7. The van der Waals surface area contributed by atoms with Crippen molar-refractivity contribution in [3.8, 4) is 11.5 Å². The highest BCUT2D eigenvalue weighted by molar-refractivity contribution is 5.85. The molecule has 0 heterocycles. The van der Waals surface area contributed by atoms with E-state index in [1.165, 1.54) is 24.0 Å². The van der Waals surface area contributed by atoms with Gasteiger partial charge in [0, 0.05) is 19.1 Å². The van der Waals surface area contributed by atoms with Crippen LogP contribution in [-0.2, 0) is 12.8 Å². The lowest BCUT2D eigenvalue weighted by Crippen LogP contribution is -2.42. The van der Waals surface area contributed by atoms with Gasteiger partial charge in [0.15, 0.2) is 11.5 Å². The summed E-state index contributed by atoms with van der Waals surface area (Å²) < 4.78 is 11.0. The van der Waals surface area contributed by atoms with Crippen LogP contribution in [0.25, 0.3) is 0 Å². The lowest BCUT2D eigenvalue weighted by Gasteiger charge is -2.37. The maximum absolute atomic E-state index is 10.8. The van der Waals surface area contributed by atoms with Gasteiger partial charge in [-0.05, 0) is 66.8 Å². The quantitative estimate of drug-likeness (QED) is 0.690. The van der Waals surface area contributed by atoms with Crippen LogP contribution < -0.4 is 9.47 Å². The minimum atomic E-state index is -0.438. The van der Waals surface area contributed by atoms with Crippen LogP contribution in [0.15, 0.2) is 42.5 Å². The molecule has 0 amide bonds. The Kier molecular flexibility index (Phi) is 7.44. The average molecular weight is 418 g/mol. The summed E-state index contributed by atoms with van der Waals surface area (Å²) in [5.74, 6) is 2.42. The summed E-state index contributed by atoms with van der Waals surface area (Å²) in [5, 5.41) is 10.8. The fourth-order valence-corrected chi connectivity index (χ4v) is 4.38. The van der Waals surface area contributed by atoms with Gasteiger partial charge in [-0.1, -0.05) is 30.3 Å². The molecule has 158 valence electrons. The predicted octanol–water partition coefficient (Wildman–Crippen LogP) is 4.43. The second-order valence-corrected chi connectivity index (χ2v) is 8.20. The molecule has 1 fully saturated rings. The Morgan fingerprint density at radius 3 is 2.28 bits per heavy atom. The Morgan fingerprint density at radius 2 is 1.66 bits per heavy atom. The molecule has 2 aromatic carbocycles. The number of methoxy groups -OCH3 is 2. The summed E-state index contributed by atoms with van der Waals surface area (Å²) in [5.41, 5.74) is 3.72. The number of fused-ring (bicyclic) bond motifs is 1. The average Bonchev–Trinajstić information content (AvgIpc) is 3.56. The molecule has 4 rings (SSSR count). The summed E-state index contributed by atoms with van der Waals surface area (Å²) in [6.07, 6.45) is 5.38. The third-order valence-electron chi connectivity index (χ3n) is 6.21. The van der Waals surface area contributed by atoms with Crippen molar-refractivity contribution >= 4 is 12.4 Å². The molecule has 0 saturated heterocycles. The Hall–Kier alpha value is -1.75. The largest absolute Gasteiger partial charge is 0.493 e. The van der Waals surface area contributed by atoms with Gasteiger partial charge in [0.05, 0.1) is 20.3 Å². The van der Waals surface area contributed by atoms with Crippen LogP contribution in [0.3, 0.4) is 0 Å². The van der Waals surface area contributed by atoms with E-state index < -0.39 is 6.10 Å². The van der Waals surface area contributed by atoms with E-state index in [4.69, 9.17) is 9.47 Å². The molecule has 29 heavy (non-hydrogen) atoms. The smallest absolute Gasteiger partial charge is 0.161 e. The molecular formula is C24H32ClNO3. The van der Waals surface area contributed by atoms with Gasteiger partial charge in [-0.2, -0.15) is 0 Å². The maximum atomic E-state index is 10.8. The predicted molar refractivity (Wildman–Crippen MR) is 118 cm³/mol. The van der Waals surface area contributed by atoms with Gasteiger partial charge in [-0.25, -0.2) is 0 Å². The van der Waals surface area contributed by atoms with E-state index in [-0.39, 0.29) is 12.4 Å². The van der Waals surface area contributed by atoms with Gasteiger partial charge in [0.1, 0.15) is 0 Å². The molecule has 2 aliphatic rings. The zero-order valence-corrected chi connectivity index (χ0v) is 18.2. The minimum absolute atomic E-state index is 0. The highest BCUT2D eigenvalue weighted by Gasteiger charge is 2.32. The number of ether oxygens (including phenoxy) is 2. The second kappa shape index (κ2) is 9.84. The first-order valence-corrected chi connectivity index (χ1v) is 10.4. The van der Waals surface area contributed by atoms with Gasteiger partial charge < -0.3 is 14.6 Å².